The zero-order valence-corrected chi connectivity index (χ0v) is 19.6. The van der Waals surface area contributed by atoms with Gasteiger partial charge in [-0.05, 0) is 73.0 Å². The van der Waals surface area contributed by atoms with Crippen molar-refractivity contribution in [2.75, 3.05) is 11.1 Å². The van der Waals surface area contributed by atoms with Gasteiger partial charge in [0.15, 0.2) is 5.82 Å². The van der Waals surface area contributed by atoms with Crippen LogP contribution in [0.4, 0.5) is 10.1 Å². The van der Waals surface area contributed by atoms with Crippen LogP contribution in [-0.4, -0.2) is 21.6 Å². The number of hydrogen-bond acceptors (Lipinski definition) is 5. The molecule has 0 atom stereocenters. The topological polar surface area (TPSA) is 64.1 Å². The molecule has 34 heavy (non-hydrogen) atoms. The number of carbonyl (C=O) groups is 1. The number of aromatic nitrogens is 2. The number of carbonyl (C=O) groups excluding carboxylic acids is 1. The Morgan fingerprint density at radius 3 is 2.53 bits per heavy atom. The summed E-state index contributed by atoms with van der Waals surface area (Å²) in [5, 5.41) is 3.64. The molecule has 1 amide bonds. The maximum absolute atomic E-state index is 13.4. The monoisotopic (exact) mass is 471 g/mol. The molecule has 7 heteroatoms. The lowest BCUT2D eigenvalue weighted by Gasteiger charge is -2.21. The number of nitrogens with one attached hydrogen (secondary N) is 1. The van der Waals surface area contributed by atoms with Crippen molar-refractivity contribution in [2.45, 2.75) is 25.3 Å². The minimum absolute atomic E-state index is 0.122. The van der Waals surface area contributed by atoms with Crippen LogP contribution in [0.3, 0.4) is 0 Å². The highest BCUT2D eigenvalue weighted by atomic mass is 32.2. The van der Waals surface area contributed by atoms with Gasteiger partial charge in [-0.1, -0.05) is 36.0 Å². The number of anilines is 1. The Hall–Kier alpha value is -3.71. The highest BCUT2D eigenvalue weighted by Crippen LogP contribution is 2.40. The molecule has 0 unspecified atom stereocenters. The first-order valence-electron chi connectivity index (χ1n) is 10.9. The molecule has 1 aromatic heterocycles. The number of fused-ring (bicyclic) bond motifs is 2. The van der Waals surface area contributed by atoms with Gasteiger partial charge in [0.05, 0.1) is 11.3 Å². The average Bonchev–Trinajstić information content (AvgIpc) is 2.81. The standard InChI is InChI=1S/C27H22FN3O2S/c1-16-11-17(2)13-21(12-16)29-24(32)15-34-27-22-14-19-5-3-4-6-23(19)33-26(22)30-25(31-27)18-7-9-20(28)10-8-18/h3-13H,14-15H2,1-2H3,(H,29,32). The van der Waals surface area contributed by atoms with Crippen molar-refractivity contribution in [3.63, 3.8) is 0 Å². The molecule has 3 aromatic carbocycles. The molecule has 4 aromatic rings. The molecule has 0 saturated carbocycles. The first-order valence-corrected chi connectivity index (χ1v) is 11.9. The minimum Gasteiger partial charge on any atom is -0.438 e. The van der Waals surface area contributed by atoms with Crippen molar-refractivity contribution in [2.24, 2.45) is 0 Å². The van der Waals surface area contributed by atoms with Gasteiger partial charge in [0, 0.05) is 17.7 Å². The Morgan fingerprint density at radius 1 is 1.03 bits per heavy atom. The van der Waals surface area contributed by atoms with Crippen molar-refractivity contribution in [1.29, 1.82) is 0 Å². The normalized spacial score (nSPS) is 11.9. The number of benzene rings is 3. The van der Waals surface area contributed by atoms with Gasteiger partial charge in [0.1, 0.15) is 16.6 Å². The quantitative estimate of drug-likeness (QED) is 0.240. The number of amides is 1. The molecular weight excluding hydrogens is 449 g/mol. The Labute approximate surface area is 201 Å². The van der Waals surface area contributed by atoms with Crippen LogP contribution in [0, 0.1) is 19.7 Å². The second kappa shape index (κ2) is 9.27. The number of thioether (sulfide) groups is 1. The Balaban J connectivity index is 1.43. The minimum atomic E-state index is -0.329. The molecular formula is C27H22FN3O2S. The summed E-state index contributed by atoms with van der Waals surface area (Å²) in [5.74, 6) is 1.37. The van der Waals surface area contributed by atoms with Crippen molar-refractivity contribution in [3.05, 3.63) is 94.8 Å². The summed E-state index contributed by atoms with van der Waals surface area (Å²) in [7, 11) is 0. The molecule has 1 N–H and O–H groups in total. The van der Waals surface area contributed by atoms with Gasteiger partial charge in [-0.15, -0.1) is 0 Å². The second-order valence-electron chi connectivity index (χ2n) is 8.24. The molecule has 170 valence electrons. The van der Waals surface area contributed by atoms with Crippen molar-refractivity contribution in [3.8, 4) is 23.0 Å². The largest absolute Gasteiger partial charge is 0.438 e. The van der Waals surface area contributed by atoms with E-state index in [1.165, 1.54) is 23.9 Å². The van der Waals surface area contributed by atoms with E-state index >= 15 is 0 Å². The van der Waals surface area contributed by atoms with Crippen LogP contribution in [0.15, 0.2) is 71.8 Å². The van der Waals surface area contributed by atoms with Crippen molar-refractivity contribution < 1.29 is 13.9 Å². The highest BCUT2D eigenvalue weighted by Gasteiger charge is 2.24. The van der Waals surface area contributed by atoms with E-state index in [1.54, 1.807) is 12.1 Å². The van der Waals surface area contributed by atoms with E-state index in [9.17, 15) is 9.18 Å². The summed E-state index contributed by atoms with van der Waals surface area (Å²) in [5.41, 5.74) is 5.51. The molecule has 2 heterocycles. The summed E-state index contributed by atoms with van der Waals surface area (Å²) in [6.45, 7) is 4.00. The summed E-state index contributed by atoms with van der Waals surface area (Å²) >= 11 is 1.34. The number of ether oxygens (including phenoxy) is 1. The van der Waals surface area contributed by atoms with Gasteiger partial charge >= 0.3 is 0 Å². The highest BCUT2D eigenvalue weighted by molar-refractivity contribution is 8.00. The summed E-state index contributed by atoms with van der Waals surface area (Å²) in [4.78, 5) is 22.1. The Morgan fingerprint density at radius 2 is 1.76 bits per heavy atom. The fourth-order valence-electron chi connectivity index (χ4n) is 3.95. The van der Waals surface area contributed by atoms with Gasteiger partial charge in [0.25, 0.3) is 0 Å². The van der Waals surface area contributed by atoms with E-state index in [1.807, 2.05) is 50.2 Å². The molecule has 0 aliphatic carbocycles. The van der Waals surface area contributed by atoms with Gasteiger partial charge < -0.3 is 10.1 Å². The SMILES string of the molecule is Cc1cc(C)cc(NC(=O)CSc2nc(-c3ccc(F)cc3)nc3c2Cc2ccccc2O3)c1. The summed E-state index contributed by atoms with van der Waals surface area (Å²) < 4.78 is 19.5. The van der Waals surface area contributed by atoms with Crippen molar-refractivity contribution >= 4 is 23.4 Å². The van der Waals surface area contributed by atoms with Crippen LogP contribution in [-0.2, 0) is 11.2 Å². The number of hydrogen-bond donors (Lipinski definition) is 1. The lowest BCUT2D eigenvalue weighted by molar-refractivity contribution is -0.113. The molecule has 5 nitrogen and oxygen atoms in total. The molecule has 5 rings (SSSR count). The molecule has 1 aliphatic rings. The predicted octanol–water partition coefficient (Wildman–Crippen LogP) is 6.33. The lowest BCUT2D eigenvalue weighted by atomic mass is 10.0. The molecule has 0 radical (unpaired) electrons. The molecule has 0 fully saturated rings. The van der Waals surface area contributed by atoms with Gasteiger partial charge in [-0.2, -0.15) is 4.98 Å². The van der Waals surface area contributed by atoms with Crippen LogP contribution >= 0.6 is 11.8 Å². The Kier molecular flexibility index (Phi) is 6.02. The number of rotatable bonds is 5. The second-order valence-corrected chi connectivity index (χ2v) is 9.21. The van der Waals surface area contributed by atoms with Crippen LogP contribution < -0.4 is 10.1 Å². The van der Waals surface area contributed by atoms with E-state index in [4.69, 9.17) is 9.72 Å². The predicted molar refractivity (Wildman–Crippen MR) is 132 cm³/mol. The van der Waals surface area contributed by atoms with Crippen LogP contribution in [0.5, 0.6) is 11.6 Å². The summed E-state index contributed by atoms with van der Waals surface area (Å²) in [6.07, 6.45) is 0.607. The number of halogens is 1. The van der Waals surface area contributed by atoms with Crippen molar-refractivity contribution in [1.82, 2.24) is 9.97 Å². The maximum atomic E-state index is 13.4. The third-order valence-electron chi connectivity index (χ3n) is 5.43. The molecule has 0 spiro atoms. The van der Waals surface area contributed by atoms with Crippen LogP contribution in [0.1, 0.15) is 22.3 Å². The zero-order chi connectivity index (χ0) is 23.7. The number of para-hydroxylation sites is 1. The first kappa shape index (κ1) is 22.1. The van der Waals surface area contributed by atoms with E-state index in [2.05, 4.69) is 16.4 Å². The summed E-state index contributed by atoms with van der Waals surface area (Å²) in [6, 6.07) is 19.8. The van der Waals surface area contributed by atoms with E-state index in [0.717, 1.165) is 33.7 Å². The third kappa shape index (κ3) is 4.79. The maximum Gasteiger partial charge on any atom is 0.234 e. The number of nitrogens with zero attached hydrogens (tertiary/aromatic N) is 2. The fraction of sp³-hybridized carbons (Fsp3) is 0.148. The zero-order valence-electron chi connectivity index (χ0n) is 18.8. The lowest BCUT2D eigenvalue weighted by Crippen LogP contribution is -2.15. The first-order chi connectivity index (χ1) is 16.4. The van der Waals surface area contributed by atoms with Gasteiger partial charge in [0.2, 0.25) is 11.8 Å². The van der Waals surface area contributed by atoms with Gasteiger partial charge in [-0.25, -0.2) is 9.37 Å². The van der Waals surface area contributed by atoms with Gasteiger partial charge in [-0.3, -0.25) is 4.79 Å². The fourth-order valence-corrected chi connectivity index (χ4v) is 4.77. The van der Waals surface area contributed by atoms with Crippen LogP contribution in [0.25, 0.3) is 11.4 Å². The number of aryl methyl sites for hydroxylation is 2. The average molecular weight is 472 g/mol. The van der Waals surface area contributed by atoms with Crippen LogP contribution in [0.2, 0.25) is 0 Å². The van der Waals surface area contributed by atoms with E-state index in [0.29, 0.717) is 28.7 Å². The molecule has 0 bridgehead atoms. The Bertz CT molecular complexity index is 1370. The molecule has 0 saturated heterocycles. The smallest absolute Gasteiger partial charge is 0.234 e. The van der Waals surface area contributed by atoms with E-state index < -0.39 is 0 Å². The van der Waals surface area contributed by atoms with E-state index in [-0.39, 0.29) is 17.5 Å². The molecule has 1 aliphatic heterocycles. The third-order valence-corrected chi connectivity index (χ3v) is 6.44.